The van der Waals surface area contributed by atoms with Crippen LogP contribution < -0.4 is 20.1 Å². The van der Waals surface area contributed by atoms with Crippen molar-refractivity contribution in [3.63, 3.8) is 0 Å². The highest BCUT2D eigenvalue weighted by Crippen LogP contribution is 2.39. The van der Waals surface area contributed by atoms with E-state index in [9.17, 15) is 9.59 Å². The molecule has 2 aromatic carbocycles. The number of fused-ring (bicyclic) bond motifs is 1. The van der Waals surface area contributed by atoms with Crippen molar-refractivity contribution in [2.24, 2.45) is 0 Å². The highest BCUT2D eigenvalue weighted by atomic mass is 35.5. The topological polar surface area (TPSA) is 76.7 Å². The smallest absolute Gasteiger partial charge is 0.244 e. The molecule has 0 aliphatic carbocycles. The molecule has 3 rings (SSSR count). The molecule has 1 aliphatic heterocycles. The van der Waals surface area contributed by atoms with Crippen LogP contribution in [0.5, 0.6) is 11.5 Å². The summed E-state index contributed by atoms with van der Waals surface area (Å²) in [4.78, 5) is 23.6. The van der Waals surface area contributed by atoms with E-state index in [4.69, 9.17) is 21.1 Å². The van der Waals surface area contributed by atoms with Crippen LogP contribution >= 0.6 is 11.6 Å². The number of ether oxygens (including phenoxy) is 2. The van der Waals surface area contributed by atoms with Crippen LogP contribution in [0.4, 0.5) is 0 Å². The van der Waals surface area contributed by atoms with E-state index in [0.29, 0.717) is 28.6 Å². The fourth-order valence-electron chi connectivity index (χ4n) is 2.34. The maximum absolute atomic E-state index is 11.8. The van der Waals surface area contributed by atoms with Crippen molar-refractivity contribution >= 4 is 29.5 Å². The van der Waals surface area contributed by atoms with Crippen molar-refractivity contribution in [1.29, 1.82) is 0 Å². The summed E-state index contributed by atoms with van der Waals surface area (Å²) in [6, 6.07) is 12.9. The van der Waals surface area contributed by atoms with Gasteiger partial charge in [0, 0.05) is 12.6 Å². The summed E-state index contributed by atoms with van der Waals surface area (Å²) < 4.78 is 10.5. The molecule has 0 atom stereocenters. The van der Waals surface area contributed by atoms with Gasteiger partial charge in [0.15, 0.2) is 11.5 Å². The molecule has 6 nitrogen and oxygen atoms in total. The lowest BCUT2D eigenvalue weighted by Crippen LogP contribution is -2.35. The fraction of sp³-hybridized carbons (Fsp3) is 0.158. The quantitative estimate of drug-likeness (QED) is 0.764. The van der Waals surface area contributed by atoms with Crippen molar-refractivity contribution < 1.29 is 19.1 Å². The summed E-state index contributed by atoms with van der Waals surface area (Å²) in [5.41, 5.74) is 1.69. The second kappa shape index (κ2) is 8.40. The number of rotatable bonds is 6. The highest BCUT2D eigenvalue weighted by molar-refractivity contribution is 6.32. The molecule has 0 bridgehead atoms. The van der Waals surface area contributed by atoms with Gasteiger partial charge in [0.05, 0.1) is 11.6 Å². The number of amides is 2. The van der Waals surface area contributed by atoms with E-state index >= 15 is 0 Å². The third kappa shape index (κ3) is 4.77. The minimum Gasteiger partial charge on any atom is -0.454 e. The first-order valence-electron chi connectivity index (χ1n) is 7.97. The predicted octanol–water partition coefficient (Wildman–Crippen LogP) is 2.51. The van der Waals surface area contributed by atoms with Gasteiger partial charge in [-0.2, -0.15) is 0 Å². The van der Waals surface area contributed by atoms with E-state index in [-0.39, 0.29) is 25.2 Å². The van der Waals surface area contributed by atoms with Gasteiger partial charge in [0.25, 0.3) is 0 Å². The average molecular weight is 373 g/mol. The van der Waals surface area contributed by atoms with E-state index in [1.165, 1.54) is 6.08 Å². The molecule has 0 saturated carbocycles. The molecule has 0 aromatic heterocycles. The Kier molecular flexibility index (Phi) is 5.76. The van der Waals surface area contributed by atoms with Crippen molar-refractivity contribution in [2.45, 2.75) is 6.54 Å². The van der Waals surface area contributed by atoms with Gasteiger partial charge >= 0.3 is 0 Å². The van der Waals surface area contributed by atoms with Gasteiger partial charge in [0.2, 0.25) is 18.6 Å². The first-order valence-corrected chi connectivity index (χ1v) is 8.35. The maximum atomic E-state index is 11.8. The van der Waals surface area contributed by atoms with Crippen LogP contribution in [0.3, 0.4) is 0 Å². The van der Waals surface area contributed by atoms with Crippen molar-refractivity contribution in [3.8, 4) is 11.5 Å². The van der Waals surface area contributed by atoms with E-state index in [1.807, 2.05) is 30.3 Å². The first-order chi connectivity index (χ1) is 12.6. The van der Waals surface area contributed by atoms with Gasteiger partial charge in [-0.15, -0.1) is 0 Å². The number of hydrogen-bond acceptors (Lipinski definition) is 4. The molecule has 1 heterocycles. The highest BCUT2D eigenvalue weighted by Gasteiger charge is 2.17. The van der Waals surface area contributed by atoms with Crippen LogP contribution in [-0.4, -0.2) is 25.2 Å². The van der Waals surface area contributed by atoms with E-state index in [2.05, 4.69) is 10.6 Å². The van der Waals surface area contributed by atoms with Gasteiger partial charge in [-0.1, -0.05) is 41.9 Å². The number of carbonyl (C=O) groups excluding carboxylic acids is 2. The Hall–Kier alpha value is -2.99. The average Bonchev–Trinajstić information content (AvgIpc) is 3.13. The minimum absolute atomic E-state index is 0.0993. The largest absolute Gasteiger partial charge is 0.454 e. The summed E-state index contributed by atoms with van der Waals surface area (Å²) in [6.07, 6.45) is 2.92. The zero-order valence-electron chi connectivity index (χ0n) is 13.8. The van der Waals surface area contributed by atoms with Crippen molar-refractivity contribution in [2.75, 3.05) is 13.3 Å². The molecule has 0 saturated heterocycles. The molecular weight excluding hydrogens is 356 g/mol. The van der Waals surface area contributed by atoms with Gasteiger partial charge in [-0.3, -0.25) is 9.59 Å². The number of carbonyl (C=O) groups is 2. The molecule has 2 aromatic rings. The van der Waals surface area contributed by atoms with E-state index in [0.717, 1.165) is 5.56 Å². The number of benzene rings is 2. The molecule has 134 valence electrons. The summed E-state index contributed by atoms with van der Waals surface area (Å²) in [7, 11) is 0. The lowest BCUT2D eigenvalue weighted by Gasteiger charge is -2.05. The lowest BCUT2D eigenvalue weighted by atomic mass is 10.2. The molecule has 0 radical (unpaired) electrons. The van der Waals surface area contributed by atoms with Crippen LogP contribution in [0, 0.1) is 0 Å². The Balaban J connectivity index is 1.46. The zero-order valence-corrected chi connectivity index (χ0v) is 14.6. The molecule has 2 N–H and O–H groups in total. The SMILES string of the molecule is O=C(/C=C/c1cc(Cl)c2c(c1)OCO2)NCC(=O)NCc1ccccc1. The third-order valence-corrected chi connectivity index (χ3v) is 3.91. The first kappa shape index (κ1) is 17.8. The summed E-state index contributed by atoms with van der Waals surface area (Å²) in [5.74, 6) is 0.400. The molecule has 0 fully saturated rings. The summed E-state index contributed by atoms with van der Waals surface area (Å²) >= 11 is 6.09. The molecule has 0 unspecified atom stereocenters. The maximum Gasteiger partial charge on any atom is 0.244 e. The fourth-order valence-corrected chi connectivity index (χ4v) is 2.61. The van der Waals surface area contributed by atoms with Crippen LogP contribution in [-0.2, 0) is 16.1 Å². The second-order valence-corrected chi connectivity index (χ2v) is 5.96. The van der Waals surface area contributed by atoms with E-state index < -0.39 is 0 Å². The van der Waals surface area contributed by atoms with Gasteiger partial charge in [-0.05, 0) is 29.3 Å². The predicted molar refractivity (Wildman–Crippen MR) is 97.9 cm³/mol. The van der Waals surface area contributed by atoms with E-state index in [1.54, 1.807) is 18.2 Å². The van der Waals surface area contributed by atoms with Gasteiger partial charge < -0.3 is 20.1 Å². The zero-order chi connectivity index (χ0) is 18.4. The summed E-state index contributed by atoms with van der Waals surface area (Å²) in [5, 5.41) is 5.68. The normalized spacial score (nSPS) is 12.2. The Labute approximate surface area is 155 Å². The molecular formula is C19H17ClN2O4. The van der Waals surface area contributed by atoms with Crippen LogP contribution in [0.2, 0.25) is 5.02 Å². The Morgan fingerprint density at radius 1 is 1.12 bits per heavy atom. The molecule has 7 heteroatoms. The number of hydrogen-bond donors (Lipinski definition) is 2. The standard InChI is InChI=1S/C19H17ClN2O4/c20-15-8-14(9-16-19(15)26-12-25-16)6-7-17(23)22-11-18(24)21-10-13-4-2-1-3-5-13/h1-9H,10-12H2,(H,21,24)(H,22,23)/b7-6+. The van der Waals surface area contributed by atoms with Crippen LogP contribution in [0.1, 0.15) is 11.1 Å². The summed E-state index contributed by atoms with van der Waals surface area (Å²) in [6.45, 7) is 0.444. The Morgan fingerprint density at radius 2 is 1.92 bits per heavy atom. The van der Waals surface area contributed by atoms with Crippen molar-refractivity contribution in [1.82, 2.24) is 10.6 Å². The minimum atomic E-state index is -0.381. The molecule has 26 heavy (non-hydrogen) atoms. The molecule has 2 amide bonds. The number of nitrogens with one attached hydrogen (secondary N) is 2. The molecule has 1 aliphatic rings. The monoisotopic (exact) mass is 372 g/mol. The second-order valence-electron chi connectivity index (χ2n) is 5.55. The third-order valence-electron chi connectivity index (χ3n) is 3.63. The number of halogens is 1. The van der Waals surface area contributed by atoms with Crippen molar-refractivity contribution in [3.05, 3.63) is 64.7 Å². The van der Waals surface area contributed by atoms with Gasteiger partial charge in [-0.25, -0.2) is 0 Å². The van der Waals surface area contributed by atoms with Crippen LogP contribution in [0.25, 0.3) is 6.08 Å². The Bertz CT molecular complexity index is 837. The lowest BCUT2D eigenvalue weighted by molar-refractivity contribution is -0.124. The Morgan fingerprint density at radius 3 is 2.73 bits per heavy atom. The van der Waals surface area contributed by atoms with Gasteiger partial charge in [0.1, 0.15) is 0 Å². The molecule has 0 spiro atoms. The van der Waals surface area contributed by atoms with Crippen LogP contribution in [0.15, 0.2) is 48.5 Å².